The summed E-state index contributed by atoms with van der Waals surface area (Å²) in [4.78, 5) is 24.1. The highest BCUT2D eigenvalue weighted by atomic mass is 79.9. The van der Waals surface area contributed by atoms with E-state index >= 15 is 0 Å². The van der Waals surface area contributed by atoms with E-state index in [2.05, 4.69) is 15.9 Å². The van der Waals surface area contributed by atoms with Gasteiger partial charge in [-0.2, -0.15) is 0 Å². The van der Waals surface area contributed by atoms with Gasteiger partial charge in [-0.15, -0.1) is 0 Å². The van der Waals surface area contributed by atoms with Gasteiger partial charge in [-0.3, -0.25) is 9.59 Å². The van der Waals surface area contributed by atoms with Gasteiger partial charge in [0.25, 0.3) is 0 Å². The molecule has 0 bridgehead atoms. The lowest BCUT2D eigenvalue weighted by Crippen LogP contribution is -2.22. The van der Waals surface area contributed by atoms with Crippen molar-refractivity contribution in [1.82, 2.24) is 0 Å². The third kappa shape index (κ3) is 2.54. The maximum absolute atomic E-state index is 12.1. The number of halogens is 1. The van der Waals surface area contributed by atoms with Crippen LogP contribution in [0, 0.1) is 5.92 Å². The molecule has 96 valence electrons. The first kappa shape index (κ1) is 13.4. The quantitative estimate of drug-likeness (QED) is 0.620. The average Bonchev–Trinajstić information content (AvgIpc) is 2.69. The molecule has 1 aliphatic carbocycles. The van der Waals surface area contributed by atoms with Crippen molar-refractivity contribution >= 4 is 27.5 Å². The Morgan fingerprint density at radius 3 is 2.94 bits per heavy atom. The zero-order chi connectivity index (χ0) is 13.1. The van der Waals surface area contributed by atoms with Crippen LogP contribution < -0.4 is 0 Å². The van der Waals surface area contributed by atoms with E-state index in [-0.39, 0.29) is 11.6 Å². The number of fused-ring (bicyclic) bond motifs is 1. The smallest absolute Gasteiger partial charge is 0.173 e. The lowest BCUT2D eigenvalue weighted by molar-refractivity contribution is -0.122. The van der Waals surface area contributed by atoms with Gasteiger partial charge < -0.3 is 4.74 Å². The van der Waals surface area contributed by atoms with Crippen molar-refractivity contribution in [3.63, 3.8) is 0 Å². The Kier molecular flexibility index (Phi) is 4.30. The van der Waals surface area contributed by atoms with Crippen LogP contribution in [0.4, 0.5) is 0 Å². The fourth-order valence-corrected chi connectivity index (χ4v) is 2.76. The summed E-state index contributed by atoms with van der Waals surface area (Å²) in [6.07, 6.45) is 0.830. The van der Waals surface area contributed by atoms with E-state index in [1.807, 2.05) is 19.1 Å². The van der Waals surface area contributed by atoms with E-state index in [0.29, 0.717) is 31.6 Å². The fourth-order valence-electron chi connectivity index (χ4n) is 2.23. The van der Waals surface area contributed by atoms with Gasteiger partial charge in [0.05, 0.1) is 12.5 Å². The van der Waals surface area contributed by atoms with Crippen LogP contribution in [0.2, 0.25) is 0 Å². The maximum Gasteiger partial charge on any atom is 0.173 e. The lowest BCUT2D eigenvalue weighted by Gasteiger charge is -2.06. The minimum Gasteiger partial charge on any atom is -0.381 e. The third-order valence-electron chi connectivity index (χ3n) is 3.19. The first-order valence-electron chi connectivity index (χ1n) is 6.07. The van der Waals surface area contributed by atoms with Crippen LogP contribution in [-0.2, 0) is 16.0 Å². The van der Waals surface area contributed by atoms with E-state index in [1.54, 1.807) is 6.07 Å². The molecule has 3 nitrogen and oxygen atoms in total. The molecule has 0 N–H and O–H groups in total. The molecule has 1 aromatic carbocycles. The summed E-state index contributed by atoms with van der Waals surface area (Å²) in [5.74, 6) is -0.580. The summed E-state index contributed by atoms with van der Waals surface area (Å²) in [6, 6.07) is 5.52. The fraction of sp³-hybridized carbons (Fsp3) is 0.429. The van der Waals surface area contributed by atoms with Gasteiger partial charge in [0.15, 0.2) is 5.78 Å². The molecule has 0 amide bonds. The lowest BCUT2D eigenvalue weighted by atomic mass is 9.98. The van der Waals surface area contributed by atoms with Gasteiger partial charge in [-0.05, 0) is 25.0 Å². The molecule has 0 aliphatic heterocycles. The molecule has 0 saturated heterocycles. The third-order valence-corrected chi connectivity index (χ3v) is 3.94. The largest absolute Gasteiger partial charge is 0.381 e. The van der Waals surface area contributed by atoms with Crippen LogP contribution in [0.25, 0.3) is 0 Å². The monoisotopic (exact) mass is 310 g/mol. The molecule has 0 heterocycles. The van der Waals surface area contributed by atoms with Gasteiger partial charge in [0, 0.05) is 23.1 Å². The van der Waals surface area contributed by atoms with Crippen molar-refractivity contribution in [2.45, 2.75) is 19.8 Å². The number of hydrogen-bond acceptors (Lipinski definition) is 3. The van der Waals surface area contributed by atoms with E-state index in [4.69, 9.17) is 4.74 Å². The molecule has 4 heteroatoms. The highest BCUT2D eigenvalue weighted by Crippen LogP contribution is 2.33. The molecule has 0 fully saturated rings. The van der Waals surface area contributed by atoms with Crippen molar-refractivity contribution in [2.24, 2.45) is 5.92 Å². The number of carbonyl (C=O) groups excluding carboxylic acids is 2. The van der Waals surface area contributed by atoms with Crippen molar-refractivity contribution in [2.75, 3.05) is 13.2 Å². The van der Waals surface area contributed by atoms with E-state index in [0.717, 1.165) is 10.0 Å². The van der Waals surface area contributed by atoms with Gasteiger partial charge in [0.2, 0.25) is 0 Å². The average molecular weight is 311 g/mol. The van der Waals surface area contributed by atoms with Gasteiger partial charge >= 0.3 is 0 Å². The minimum absolute atomic E-state index is 0.0171. The molecule has 0 spiro atoms. The molecule has 0 radical (unpaired) electrons. The summed E-state index contributed by atoms with van der Waals surface area (Å²) < 4.78 is 6.07. The Balaban J connectivity index is 2.09. The number of hydrogen-bond donors (Lipinski definition) is 0. The van der Waals surface area contributed by atoms with Gasteiger partial charge in [-0.25, -0.2) is 0 Å². The molecule has 18 heavy (non-hydrogen) atoms. The van der Waals surface area contributed by atoms with E-state index in [1.165, 1.54) is 0 Å². The Bertz CT molecular complexity index is 482. The van der Waals surface area contributed by atoms with Crippen LogP contribution in [0.3, 0.4) is 0 Å². The van der Waals surface area contributed by atoms with Crippen LogP contribution in [0.1, 0.15) is 29.3 Å². The molecule has 2 rings (SSSR count). The number of benzene rings is 1. The zero-order valence-electron chi connectivity index (χ0n) is 10.2. The number of rotatable bonds is 5. The number of ether oxygens (including phenoxy) is 1. The molecule has 1 atom stereocenters. The van der Waals surface area contributed by atoms with Crippen molar-refractivity contribution < 1.29 is 14.3 Å². The molecule has 1 unspecified atom stereocenters. The SMILES string of the molecule is CCOCCC(=O)C1Cc2c(Br)cccc2C1=O. The Morgan fingerprint density at radius 1 is 1.50 bits per heavy atom. The maximum atomic E-state index is 12.1. The summed E-state index contributed by atoms with van der Waals surface area (Å²) in [5.41, 5.74) is 1.64. The van der Waals surface area contributed by atoms with Crippen molar-refractivity contribution in [1.29, 1.82) is 0 Å². The predicted molar refractivity (Wildman–Crippen MR) is 71.8 cm³/mol. The molecular formula is C14H15BrO3. The second kappa shape index (κ2) is 5.76. The first-order chi connectivity index (χ1) is 8.65. The Labute approximate surface area is 115 Å². The van der Waals surface area contributed by atoms with E-state index in [9.17, 15) is 9.59 Å². The second-order valence-electron chi connectivity index (χ2n) is 4.30. The zero-order valence-corrected chi connectivity index (χ0v) is 11.8. The number of carbonyl (C=O) groups is 2. The Hall–Kier alpha value is -1.00. The molecule has 0 saturated carbocycles. The first-order valence-corrected chi connectivity index (χ1v) is 6.86. The standard InChI is InChI=1S/C14H15BrO3/c1-2-18-7-6-13(16)11-8-10-9(14(11)17)4-3-5-12(10)15/h3-5,11H,2,6-8H2,1H3. The van der Waals surface area contributed by atoms with Gasteiger partial charge in [-0.1, -0.05) is 28.1 Å². The highest BCUT2D eigenvalue weighted by molar-refractivity contribution is 9.10. The van der Waals surface area contributed by atoms with E-state index < -0.39 is 5.92 Å². The highest BCUT2D eigenvalue weighted by Gasteiger charge is 2.35. The van der Waals surface area contributed by atoms with Crippen LogP contribution >= 0.6 is 15.9 Å². The number of Topliss-reactive ketones (excluding diaryl/α,β-unsaturated/α-hetero) is 2. The predicted octanol–water partition coefficient (Wildman–Crippen LogP) is 2.80. The second-order valence-corrected chi connectivity index (χ2v) is 5.15. The van der Waals surface area contributed by atoms with Crippen LogP contribution in [0.15, 0.2) is 22.7 Å². The molecule has 1 aromatic rings. The number of ketones is 2. The van der Waals surface area contributed by atoms with Crippen molar-refractivity contribution in [3.8, 4) is 0 Å². The summed E-state index contributed by atoms with van der Waals surface area (Å²) in [6.45, 7) is 2.88. The van der Waals surface area contributed by atoms with Crippen LogP contribution in [-0.4, -0.2) is 24.8 Å². The topological polar surface area (TPSA) is 43.4 Å². The molecule has 0 aromatic heterocycles. The minimum atomic E-state index is -0.515. The summed E-state index contributed by atoms with van der Waals surface area (Å²) in [5, 5.41) is 0. The molecular weight excluding hydrogens is 296 g/mol. The normalized spacial score (nSPS) is 17.9. The van der Waals surface area contributed by atoms with Crippen molar-refractivity contribution in [3.05, 3.63) is 33.8 Å². The Morgan fingerprint density at radius 2 is 2.28 bits per heavy atom. The summed E-state index contributed by atoms with van der Waals surface area (Å²) in [7, 11) is 0. The van der Waals surface area contributed by atoms with Gasteiger partial charge in [0.1, 0.15) is 5.78 Å². The van der Waals surface area contributed by atoms with Crippen LogP contribution in [0.5, 0.6) is 0 Å². The molecule has 1 aliphatic rings. The summed E-state index contributed by atoms with van der Waals surface area (Å²) >= 11 is 3.43.